The van der Waals surface area contributed by atoms with Gasteiger partial charge in [0.05, 0.1) is 0 Å². The van der Waals surface area contributed by atoms with Crippen LogP contribution in [-0.4, -0.2) is 34.5 Å². The van der Waals surface area contributed by atoms with Crippen molar-refractivity contribution in [3.8, 4) is 0 Å². The molecule has 0 atom stereocenters. The van der Waals surface area contributed by atoms with Gasteiger partial charge in [-0.2, -0.15) is 0 Å². The van der Waals surface area contributed by atoms with Gasteiger partial charge in [0.2, 0.25) is 5.91 Å². The summed E-state index contributed by atoms with van der Waals surface area (Å²) in [6.07, 6.45) is 1.65. The summed E-state index contributed by atoms with van der Waals surface area (Å²) in [4.78, 5) is 26.8. The van der Waals surface area contributed by atoms with Gasteiger partial charge in [0.15, 0.2) is 5.76 Å². The first-order valence-corrected chi connectivity index (χ1v) is 7.64. The number of anilines is 1. The molecule has 0 saturated carbocycles. The lowest BCUT2D eigenvalue weighted by molar-refractivity contribution is -0.125. The first-order valence-electron chi connectivity index (χ1n) is 7.23. The number of rotatable bonds is 2. The fourth-order valence-electron chi connectivity index (χ4n) is 2.17. The molecule has 2 amide bonds. The Kier molecular flexibility index (Phi) is 4.56. The van der Waals surface area contributed by atoms with Crippen LogP contribution in [0.25, 0.3) is 6.08 Å². The fourth-order valence-corrected chi connectivity index (χ4v) is 2.62. The third-order valence-electron chi connectivity index (χ3n) is 3.52. The highest BCUT2D eigenvalue weighted by molar-refractivity contribution is 7.80. The maximum absolute atomic E-state index is 12.4. The summed E-state index contributed by atoms with van der Waals surface area (Å²) >= 11 is 5.14. The van der Waals surface area contributed by atoms with E-state index in [2.05, 4.69) is 0 Å². The summed E-state index contributed by atoms with van der Waals surface area (Å²) in [6, 6.07) is 7.27. The number of ether oxygens (including phenoxy) is 1. The third kappa shape index (κ3) is 3.59. The van der Waals surface area contributed by atoms with Gasteiger partial charge in [-0.3, -0.25) is 14.5 Å². The van der Waals surface area contributed by atoms with Crippen LogP contribution in [0, 0.1) is 0 Å². The first-order chi connectivity index (χ1) is 10.6. The van der Waals surface area contributed by atoms with Crippen molar-refractivity contribution < 1.29 is 14.3 Å². The minimum atomic E-state index is -0.433. The average molecular weight is 332 g/mol. The van der Waals surface area contributed by atoms with Crippen LogP contribution < -0.4 is 4.90 Å². The molecule has 6 heteroatoms. The lowest BCUT2D eigenvalue weighted by Crippen LogP contribution is -2.44. The second-order valence-electron chi connectivity index (χ2n) is 6.36. The fraction of sp³-hybridized carbons (Fsp3) is 0.353. The smallest absolute Gasteiger partial charge is 0.297 e. The topological polar surface area (TPSA) is 49.9 Å². The van der Waals surface area contributed by atoms with E-state index in [0.29, 0.717) is 0 Å². The molecule has 0 aromatic heterocycles. The number of nitrogens with zero attached hydrogens (tertiary/aromatic N) is 2. The van der Waals surface area contributed by atoms with Crippen molar-refractivity contribution in [2.45, 2.75) is 33.2 Å². The van der Waals surface area contributed by atoms with Crippen molar-refractivity contribution in [2.24, 2.45) is 0 Å². The van der Waals surface area contributed by atoms with E-state index in [-0.39, 0.29) is 22.7 Å². The number of thiocarbonyl (C=S) groups is 1. The summed E-state index contributed by atoms with van der Waals surface area (Å²) in [6.45, 7) is 7.20. The molecule has 5 nitrogen and oxygen atoms in total. The molecule has 122 valence electrons. The van der Waals surface area contributed by atoms with Gasteiger partial charge in [-0.15, -0.1) is 0 Å². The zero-order valence-electron chi connectivity index (χ0n) is 13.9. The number of carbonyl (C=O) groups excluding carboxylic acids is 2. The van der Waals surface area contributed by atoms with Gasteiger partial charge in [0.25, 0.3) is 11.1 Å². The number of carbonyl (C=O) groups is 2. The van der Waals surface area contributed by atoms with Gasteiger partial charge in [-0.05, 0) is 56.8 Å². The van der Waals surface area contributed by atoms with Crippen LogP contribution >= 0.6 is 12.2 Å². The summed E-state index contributed by atoms with van der Waals surface area (Å²) < 4.78 is 5.44. The van der Waals surface area contributed by atoms with E-state index < -0.39 is 5.54 Å². The molecule has 0 unspecified atom stereocenters. The molecule has 1 saturated heterocycles. The molecule has 0 N–H and O–H groups in total. The van der Waals surface area contributed by atoms with Crippen molar-refractivity contribution >= 4 is 41.0 Å². The molecule has 1 aliphatic rings. The summed E-state index contributed by atoms with van der Waals surface area (Å²) in [7, 11) is 1.71. The third-order valence-corrected chi connectivity index (χ3v) is 3.78. The standard InChI is InChI=1S/C17H20N2O3S/c1-11(20)18(5)13-8-6-12(7-9-13)10-14-15(21)19(16(23)22-14)17(2,3)4/h6-10H,1-5H3/b14-10+. The minimum absolute atomic E-state index is 0.0448. The zero-order chi connectivity index (χ0) is 17.4. The SMILES string of the molecule is CC(=O)N(C)c1ccc(/C=C2/OC(=S)N(C(C)(C)C)C2=O)cc1. The zero-order valence-corrected chi connectivity index (χ0v) is 14.7. The van der Waals surface area contributed by atoms with Crippen molar-refractivity contribution in [3.63, 3.8) is 0 Å². The predicted molar refractivity (Wildman–Crippen MR) is 93.8 cm³/mol. The molecule has 0 aliphatic carbocycles. The Hall–Kier alpha value is -2.21. The Morgan fingerprint density at radius 2 is 1.83 bits per heavy atom. The van der Waals surface area contributed by atoms with Gasteiger partial charge in [0, 0.05) is 25.2 Å². The normalized spacial score (nSPS) is 16.7. The van der Waals surface area contributed by atoms with Gasteiger partial charge in [-0.1, -0.05) is 12.1 Å². The first kappa shape index (κ1) is 17.1. The minimum Gasteiger partial charge on any atom is -0.426 e. The molecule has 1 aliphatic heterocycles. The Labute approximate surface area is 141 Å². The van der Waals surface area contributed by atoms with Crippen LogP contribution in [-0.2, 0) is 14.3 Å². The van der Waals surface area contributed by atoms with Gasteiger partial charge in [-0.25, -0.2) is 0 Å². The van der Waals surface area contributed by atoms with Crippen LogP contribution in [0.1, 0.15) is 33.3 Å². The molecule has 1 aromatic rings. The van der Waals surface area contributed by atoms with Crippen LogP contribution in [0.3, 0.4) is 0 Å². The van der Waals surface area contributed by atoms with Gasteiger partial charge in [0.1, 0.15) is 0 Å². The maximum atomic E-state index is 12.4. The molecule has 1 aromatic carbocycles. The van der Waals surface area contributed by atoms with Crippen molar-refractivity contribution in [1.29, 1.82) is 0 Å². The Bertz CT molecular complexity index is 687. The monoisotopic (exact) mass is 332 g/mol. The van der Waals surface area contributed by atoms with Gasteiger partial charge >= 0.3 is 0 Å². The van der Waals surface area contributed by atoms with E-state index in [1.807, 2.05) is 45.0 Å². The highest BCUT2D eigenvalue weighted by Crippen LogP contribution is 2.27. The summed E-state index contributed by atoms with van der Waals surface area (Å²) in [5.41, 5.74) is 1.15. The highest BCUT2D eigenvalue weighted by atomic mass is 32.1. The molecular formula is C17H20N2O3S. The van der Waals surface area contributed by atoms with Crippen molar-refractivity contribution in [3.05, 3.63) is 35.6 Å². The van der Waals surface area contributed by atoms with Crippen LogP contribution in [0.4, 0.5) is 5.69 Å². The largest absolute Gasteiger partial charge is 0.426 e. The molecule has 0 radical (unpaired) electrons. The van der Waals surface area contributed by atoms with Crippen LogP contribution in [0.2, 0.25) is 0 Å². The Balaban J connectivity index is 2.25. The number of hydrogen-bond acceptors (Lipinski definition) is 4. The highest BCUT2D eigenvalue weighted by Gasteiger charge is 2.40. The van der Waals surface area contributed by atoms with E-state index in [9.17, 15) is 9.59 Å². The average Bonchev–Trinajstić information content (AvgIpc) is 2.73. The Morgan fingerprint density at radius 3 is 2.26 bits per heavy atom. The second-order valence-corrected chi connectivity index (χ2v) is 6.71. The molecule has 2 rings (SSSR count). The van der Waals surface area contributed by atoms with Crippen molar-refractivity contribution in [1.82, 2.24) is 4.90 Å². The molecule has 0 spiro atoms. The van der Waals surface area contributed by atoms with E-state index in [1.54, 1.807) is 18.0 Å². The van der Waals surface area contributed by atoms with E-state index in [4.69, 9.17) is 17.0 Å². The van der Waals surface area contributed by atoms with E-state index in [0.717, 1.165) is 11.3 Å². The summed E-state index contributed by atoms with van der Waals surface area (Å²) in [5, 5.41) is 0.168. The molecular weight excluding hydrogens is 312 g/mol. The van der Waals surface area contributed by atoms with Crippen LogP contribution in [0.5, 0.6) is 0 Å². The lowest BCUT2D eigenvalue weighted by Gasteiger charge is -2.28. The van der Waals surface area contributed by atoms with Crippen LogP contribution in [0.15, 0.2) is 30.0 Å². The Morgan fingerprint density at radius 1 is 1.26 bits per heavy atom. The molecule has 1 heterocycles. The quantitative estimate of drug-likeness (QED) is 0.617. The van der Waals surface area contributed by atoms with Crippen molar-refractivity contribution in [2.75, 3.05) is 11.9 Å². The lowest BCUT2D eigenvalue weighted by atomic mass is 10.1. The van der Waals surface area contributed by atoms with E-state index in [1.165, 1.54) is 11.8 Å². The molecule has 0 bridgehead atoms. The summed E-state index contributed by atoms with van der Waals surface area (Å²) in [5.74, 6) is -0.0818. The maximum Gasteiger partial charge on any atom is 0.297 e. The van der Waals surface area contributed by atoms with Gasteiger partial charge < -0.3 is 9.64 Å². The number of benzene rings is 1. The predicted octanol–water partition coefficient (Wildman–Crippen LogP) is 2.95. The number of amides is 2. The molecule has 1 fully saturated rings. The molecule has 23 heavy (non-hydrogen) atoms. The second kappa shape index (κ2) is 6.12. The van der Waals surface area contributed by atoms with E-state index >= 15 is 0 Å². The number of hydrogen-bond donors (Lipinski definition) is 0.